The molecule has 2 N–H and O–H groups in total. The molecule has 25 heavy (non-hydrogen) atoms. The average molecular weight is 348 g/mol. The van der Waals surface area contributed by atoms with Crippen LogP contribution in [0.1, 0.15) is 64.2 Å². The van der Waals surface area contributed by atoms with Crippen LogP contribution in [0.3, 0.4) is 0 Å². The zero-order chi connectivity index (χ0) is 17.4. The maximum atomic E-state index is 12.7. The van der Waals surface area contributed by atoms with Gasteiger partial charge < -0.3 is 15.4 Å². The summed E-state index contributed by atoms with van der Waals surface area (Å²) in [4.78, 5) is 24.9. The molecule has 5 aliphatic carbocycles. The van der Waals surface area contributed by atoms with E-state index in [2.05, 4.69) is 10.6 Å². The third-order valence-electron chi connectivity index (χ3n) is 7.39. The molecule has 1 unspecified atom stereocenters. The second-order valence-corrected chi connectivity index (χ2v) is 8.97. The van der Waals surface area contributed by atoms with Crippen LogP contribution in [0.5, 0.6) is 0 Å². The molecule has 0 spiro atoms. The van der Waals surface area contributed by atoms with E-state index in [-0.39, 0.29) is 17.9 Å². The Bertz CT molecular complexity index is 487. The molecule has 5 heteroatoms. The largest absolute Gasteiger partial charge is 0.467 e. The third kappa shape index (κ3) is 3.52. The Morgan fingerprint density at radius 2 is 1.52 bits per heavy atom. The Kier molecular flexibility index (Phi) is 4.92. The molecule has 140 valence electrons. The van der Waals surface area contributed by atoms with Crippen LogP contribution in [0.15, 0.2) is 0 Å². The Balaban J connectivity index is 1.37. The highest BCUT2D eigenvalue weighted by molar-refractivity contribution is 5.84. The van der Waals surface area contributed by atoms with Crippen LogP contribution in [0.4, 0.5) is 4.79 Å². The molecule has 0 aromatic heterocycles. The molecule has 5 saturated carbocycles. The minimum absolute atomic E-state index is 0.168. The average Bonchev–Trinajstić information content (AvgIpc) is 2.62. The molecule has 0 aliphatic heterocycles. The highest BCUT2D eigenvalue weighted by atomic mass is 16.5. The molecule has 0 radical (unpaired) electrons. The first kappa shape index (κ1) is 17.2. The van der Waals surface area contributed by atoms with Gasteiger partial charge >= 0.3 is 12.0 Å². The first-order valence-electron chi connectivity index (χ1n) is 10.3. The van der Waals surface area contributed by atoms with Crippen LogP contribution in [0, 0.1) is 29.6 Å². The maximum Gasteiger partial charge on any atom is 0.328 e. The second-order valence-electron chi connectivity index (χ2n) is 8.97. The van der Waals surface area contributed by atoms with E-state index in [0.717, 1.165) is 37.5 Å². The molecular formula is C20H32N2O3. The first-order valence-corrected chi connectivity index (χ1v) is 10.3. The summed E-state index contributed by atoms with van der Waals surface area (Å²) in [6.45, 7) is 0. The molecule has 4 bridgehead atoms. The van der Waals surface area contributed by atoms with E-state index in [1.165, 1.54) is 45.6 Å². The van der Waals surface area contributed by atoms with Gasteiger partial charge in [0.1, 0.15) is 6.04 Å². The van der Waals surface area contributed by atoms with Crippen molar-refractivity contribution in [1.82, 2.24) is 10.6 Å². The molecule has 5 fully saturated rings. The molecule has 0 saturated heterocycles. The molecule has 2 amide bonds. The third-order valence-corrected chi connectivity index (χ3v) is 7.39. The predicted molar refractivity (Wildman–Crippen MR) is 94.9 cm³/mol. The van der Waals surface area contributed by atoms with Crippen molar-refractivity contribution in [3.63, 3.8) is 0 Å². The number of nitrogens with one attached hydrogen (secondary N) is 2. The van der Waals surface area contributed by atoms with Gasteiger partial charge in [-0.3, -0.25) is 0 Å². The quantitative estimate of drug-likeness (QED) is 0.767. The lowest BCUT2D eigenvalue weighted by Gasteiger charge is -2.54. The number of hydrogen-bond donors (Lipinski definition) is 2. The first-order chi connectivity index (χ1) is 12.1. The number of ether oxygens (including phenoxy) is 1. The minimum Gasteiger partial charge on any atom is -0.467 e. The maximum absolute atomic E-state index is 12.7. The summed E-state index contributed by atoms with van der Waals surface area (Å²) >= 11 is 0. The van der Waals surface area contributed by atoms with Gasteiger partial charge in [0, 0.05) is 6.04 Å². The van der Waals surface area contributed by atoms with Gasteiger partial charge in [0.15, 0.2) is 0 Å². The van der Waals surface area contributed by atoms with E-state index in [9.17, 15) is 9.59 Å². The molecule has 0 aromatic rings. The molecule has 1 atom stereocenters. The fourth-order valence-corrected chi connectivity index (χ4v) is 6.46. The summed E-state index contributed by atoms with van der Waals surface area (Å²) in [5.41, 5.74) is 0. The molecule has 0 heterocycles. The number of methoxy groups -OCH3 is 1. The van der Waals surface area contributed by atoms with E-state index in [0.29, 0.717) is 17.9 Å². The number of carbonyl (C=O) groups excluding carboxylic acids is 2. The van der Waals surface area contributed by atoms with E-state index >= 15 is 0 Å². The van der Waals surface area contributed by atoms with Crippen LogP contribution in [-0.2, 0) is 9.53 Å². The van der Waals surface area contributed by atoms with Crippen molar-refractivity contribution >= 4 is 12.0 Å². The fourth-order valence-electron chi connectivity index (χ4n) is 6.46. The summed E-state index contributed by atoms with van der Waals surface area (Å²) < 4.78 is 4.97. The number of urea groups is 1. The van der Waals surface area contributed by atoms with Crippen LogP contribution in [-0.4, -0.2) is 31.2 Å². The number of amides is 2. The van der Waals surface area contributed by atoms with Crippen molar-refractivity contribution in [2.24, 2.45) is 29.6 Å². The van der Waals surface area contributed by atoms with Gasteiger partial charge in [-0.15, -0.1) is 0 Å². The normalized spacial score (nSPS) is 38.2. The number of hydrogen-bond acceptors (Lipinski definition) is 3. The van der Waals surface area contributed by atoms with Crippen LogP contribution in [0.2, 0.25) is 0 Å². The fraction of sp³-hybridized carbons (Fsp3) is 0.900. The number of rotatable bonds is 4. The molecule has 5 nitrogen and oxygen atoms in total. The summed E-state index contributed by atoms with van der Waals surface area (Å²) in [6, 6.07) is -0.363. The zero-order valence-corrected chi connectivity index (χ0v) is 15.3. The topological polar surface area (TPSA) is 67.4 Å². The molecule has 5 rings (SSSR count). The van der Waals surface area contributed by atoms with Gasteiger partial charge in [0.05, 0.1) is 7.11 Å². The van der Waals surface area contributed by atoms with Gasteiger partial charge in [-0.25, -0.2) is 9.59 Å². The molecular weight excluding hydrogens is 316 g/mol. The van der Waals surface area contributed by atoms with Crippen molar-refractivity contribution in [3.8, 4) is 0 Å². The smallest absolute Gasteiger partial charge is 0.328 e. The van der Waals surface area contributed by atoms with Crippen molar-refractivity contribution in [2.75, 3.05) is 7.11 Å². The van der Waals surface area contributed by atoms with Crippen LogP contribution < -0.4 is 10.6 Å². The molecule has 0 aromatic carbocycles. The minimum atomic E-state index is -0.498. The highest BCUT2D eigenvalue weighted by Crippen LogP contribution is 2.53. The Labute approximate surface area is 150 Å². The van der Waals surface area contributed by atoms with Crippen molar-refractivity contribution in [3.05, 3.63) is 0 Å². The Morgan fingerprint density at radius 3 is 2.08 bits per heavy atom. The van der Waals surface area contributed by atoms with Gasteiger partial charge in [-0.1, -0.05) is 19.3 Å². The van der Waals surface area contributed by atoms with Gasteiger partial charge in [-0.05, 0) is 74.5 Å². The van der Waals surface area contributed by atoms with Crippen LogP contribution >= 0.6 is 0 Å². The standard InChI is InChI=1S/C20H32N2O3/c1-25-19(23)18(14-5-3-2-4-6-14)22-20(24)21-17-15-8-12-7-13(10-15)11-16(17)9-12/h12-18H,2-11H2,1H3,(H2,21,22,24). The monoisotopic (exact) mass is 348 g/mol. The summed E-state index contributed by atoms with van der Waals surface area (Å²) in [7, 11) is 1.41. The van der Waals surface area contributed by atoms with Gasteiger partial charge in [0.25, 0.3) is 0 Å². The Morgan fingerprint density at radius 1 is 0.920 bits per heavy atom. The van der Waals surface area contributed by atoms with Crippen LogP contribution in [0.25, 0.3) is 0 Å². The van der Waals surface area contributed by atoms with Crippen molar-refractivity contribution < 1.29 is 14.3 Å². The van der Waals surface area contributed by atoms with Gasteiger partial charge in [-0.2, -0.15) is 0 Å². The summed E-state index contributed by atoms with van der Waals surface area (Å²) in [6.07, 6.45) is 12.0. The lowest BCUT2D eigenvalue weighted by molar-refractivity contribution is -0.144. The lowest BCUT2D eigenvalue weighted by Crippen LogP contribution is -2.59. The number of carbonyl (C=O) groups is 2. The number of esters is 1. The van der Waals surface area contributed by atoms with E-state index in [1.54, 1.807) is 0 Å². The summed E-state index contributed by atoms with van der Waals surface area (Å²) in [5, 5.41) is 6.22. The summed E-state index contributed by atoms with van der Waals surface area (Å²) in [5.74, 6) is 3.00. The zero-order valence-electron chi connectivity index (χ0n) is 15.3. The highest BCUT2D eigenvalue weighted by Gasteiger charge is 2.48. The van der Waals surface area contributed by atoms with E-state index < -0.39 is 6.04 Å². The van der Waals surface area contributed by atoms with E-state index in [4.69, 9.17) is 4.74 Å². The second kappa shape index (κ2) is 7.16. The lowest BCUT2D eigenvalue weighted by atomic mass is 9.54. The SMILES string of the molecule is COC(=O)C(NC(=O)NC1C2CC3CC(C2)CC1C3)C1CCCCC1. The van der Waals surface area contributed by atoms with E-state index in [1.807, 2.05) is 0 Å². The van der Waals surface area contributed by atoms with Crippen molar-refractivity contribution in [2.45, 2.75) is 76.3 Å². The predicted octanol–water partition coefficient (Wildman–Crippen LogP) is 3.23. The molecule has 5 aliphatic rings. The van der Waals surface area contributed by atoms with Gasteiger partial charge in [0.2, 0.25) is 0 Å². The van der Waals surface area contributed by atoms with Crippen molar-refractivity contribution in [1.29, 1.82) is 0 Å². The Hall–Kier alpha value is -1.26.